The van der Waals surface area contributed by atoms with Crippen LogP contribution in [0.15, 0.2) is 60.8 Å². The third kappa shape index (κ3) is 60.9. The highest BCUT2D eigenvalue weighted by molar-refractivity contribution is 7.45. The minimum atomic E-state index is -4.64. The van der Waals surface area contributed by atoms with Gasteiger partial charge in [0.15, 0.2) is 6.10 Å². The van der Waals surface area contributed by atoms with Gasteiger partial charge < -0.3 is 27.9 Å². The predicted molar refractivity (Wildman–Crippen MR) is 323 cm³/mol. The van der Waals surface area contributed by atoms with E-state index in [2.05, 4.69) is 74.6 Å². The van der Waals surface area contributed by atoms with Crippen LogP contribution in [0.1, 0.15) is 296 Å². The standard InChI is InChI=1S/C66H122NO8P/c1-6-8-10-12-14-16-18-20-22-24-26-28-30-31-32-33-34-35-37-38-40-42-44-46-48-50-52-54-56-58-65(68)72-62-64(63-74-76(70,71)73-61-60-67(3,4)5)75-66(69)59-57-55-53-51-49-47-45-43-41-39-36-29-27-25-23-21-19-17-15-13-11-9-7-2/h9,11,15,17,21,23-24,26-27,29,64H,6-8,10,12-14,16,18-20,22,25,28,30-63H2,1-5H3/b11-9-,17-15-,23-21-,26-24-,29-27-. The Bertz CT molecular complexity index is 1470. The Labute approximate surface area is 470 Å². The normalized spacial score (nSPS) is 13.6. The molecule has 0 radical (unpaired) electrons. The first-order valence-electron chi connectivity index (χ1n) is 32.0. The molecule has 0 amide bonds. The van der Waals surface area contributed by atoms with Crippen LogP contribution in [0.4, 0.5) is 0 Å². The van der Waals surface area contributed by atoms with E-state index < -0.39 is 26.5 Å². The van der Waals surface area contributed by atoms with E-state index in [0.29, 0.717) is 17.4 Å². The first kappa shape index (κ1) is 73.7. The van der Waals surface area contributed by atoms with Crippen molar-refractivity contribution in [1.82, 2.24) is 0 Å². The largest absolute Gasteiger partial charge is 0.756 e. The molecule has 76 heavy (non-hydrogen) atoms. The first-order valence-corrected chi connectivity index (χ1v) is 33.5. The number of likely N-dealkylation sites (N-methyl/N-ethyl adjacent to an activating group) is 1. The zero-order valence-corrected chi connectivity index (χ0v) is 51.3. The van der Waals surface area contributed by atoms with Gasteiger partial charge in [0.25, 0.3) is 7.82 Å². The van der Waals surface area contributed by atoms with Gasteiger partial charge in [-0.1, -0.05) is 267 Å². The third-order valence-electron chi connectivity index (χ3n) is 14.0. The fourth-order valence-electron chi connectivity index (χ4n) is 9.12. The number of quaternary nitrogens is 1. The maximum absolute atomic E-state index is 12.8. The van der Waals surface area contributed by atoms with Crippen molar-refractivity contribution in [2.75, 3.05) is 47.5 Å². The van der Waals surface area contributed by atoms with Crippen LogP contribution < -0.4 is 4.89 Å². The Balaban J connectivity index is 4.07. The average molecular weight is 1090 g/mol. The van der Waals surface area contributed by atoms with Gasteiger partial charge in [0.2, 0.25) is 0 Å². The molecule has 0 saturated heterocycles. The molecule has 0 fully saturated rings. The number of rotatable bonds is 59. The third-order valence-corrected chi connectivity index (χ3v) is 15.0. The number of hydrogen-bond acceptors (Lipinski definition) is 8. The lowest BCUT2D eigenvalue weighted by atomic mass is 10.0. The monoisotopic (exact) mass is 1090 g/mol. The van der Waals surface area contributed by atoms with Crippen LogP contribution in [-0.4, -0.2) is 70.0 Å². The van der Waals surface area contributed by atoms with Crippen LogP contribution in [0.5, 0.6) is 0 Å². The van der Waals surface area contributed by atoms with E-state index >= 15 is 0 Å². The highest BCUT2D eigenvalue weighted by atomic mass is 31.2. The molecule has 0 aromatic heterocycles. The van der Waals surface area contributed by atoms with Crippen LogP contribution >= 0.6 is 7.82 Å². The molecule has 0 N–H and O–H groups in total. The summed E-state index contributed by atoms with van der Waals surface area (Å²) in [5.74, 6) is -0.828. The van der Waals surface area contributed by atoms with Gasteiger partial charge in [-0.3, -0.25) is 14.2 Å². The van der Waals surface area contributed by atoms with Gasteiger partial charge >= 0.3 is 11.9 Å². The van der Waals surface area contributed by atoms with Crippen molar-refractivity contribution in [1.29, 1.82) is 0 Å². The van der Waals surface area contributed by atoms with Crippen molar-refractivity contribution < 1.29 is 42.1 Å². The van der Waals surface area contributed by atoms with E-state index in [1.807, 2.05) is 21.1 Å². The number of esters is 2. The molecule has 9 nitrogen and oxygen atoms in total. The molecule has 0 heterocycles. The van der Waals surface area contributed by atoms with Crippen LogP contribution in [0, 0.1) is 0 Å². The quantitative estimate of drug-likeness (QED) is 0.0195. The zero-order chi connectivity index (χ0) is 55.6. The highest BCUT2D eigenvalue weighted by Gasteiger charge is 2.22. The molecule has 0 aromatic rings. The number of allylic oxidation sites excluding steroid dienone is 10. The molecule has 0 rings (SSSR count). The van der Waals surface area contributed by atoms with Crippen molar-refractivity contribution in [3.05, 3.63) is 60.8 Å². The summed E-state index contributed by atoms with van der Waals surface area (Å²) >= 11 is 0. The Morgan fingerprint density at radius 3 is 1.13 bits per heavy atom. The van der Waals surface area contributed by atoms with Crippen molar-refractivity contribution in [2.24, 2.45) is 0 Å². The number of carbonyl (C=O) groups is 2. The Morgan fingerprint density at radius 1 is 0.421 bits per heavy atom. The van der Waals surface area contributed by atoms with E-state index in [0.717, 1.165) is 70.6 Å². The van der Waals surface area contributed by atoms with Gasteiger partial charge in [-0.2, -0.15) is 0 Å². The number of nitrogens with zero attached hydrogens (tertiary/aromatic N) is 1. The van der Waals surface area contributed by atoms with E-state index in [9.17, 15) is 19.0 Å². The smallest absolute Gasteiger partial charge is 0.306 e. The lowest BCUT2D eigenvalue weighted by molar-refractivity contribution is -0.870. The molecule has 0 bridgehead atoms. The molecule has 444 valence electrons. The van der Waals surface area contributed by atoms with E-state index in [1.165, 1.54) is 193 Å². The summed E-state index contributed by atoms with van der Waals surface area (Å²) in [4.78, 5) is 38.0. The minimum absolute atomic E-state index is 0.0322. The summed E-state index contributed by atoms with van der Waals surface area (Å²) in [5, 5.41) is 0. The van der Waals surface area contributed by atoms with Gasteiger partial charge in [0.05, 0.1) is 27.7 Å². The summed E-state index contributed by atoms with van der Waals surface area (Å²) in [6.45, 7) is 4.16. The number of ether oxygens (including phenoxy) is 2. The van der Waals surface area contributed by atoms with E-state index in [1.54, 1.807) is 0 Å². The molecular formula is C66H122NO8P. The lowest BCUT2D eigenvalue weighted by Gasteiger charge is -2.28. The Kier molecular flexibility index (Phi) is 55.7. The molecular weight excluding hydrogens is 966 g/mol. The molecule has 2 unspecified atom stereocenters. The van der Waals surface area contributed by atoms with Crippen LogP contribution in [0.3, 0.4) is 0 Å². The van der Waals surface area contributed by atoms with Crippen molar-refractivity contribution in [2.45, 2.75) is 302 Å². The molecule has 0 saturated carbocycles. The van der Waals surface area contributed by atoms with Crippen molar-refractivity contribution in [3.8, 4) is 0 Å². The second-order valence-corrected chi connectivity index (χ2v) is 24.2. The summed E-state index contributed by atoms with van der Waals surface area (Å²) in [5.41, 5.74) is 0. The number of hydrogen-bond donors (Lipinski definition) is 0. The summed E-state index contributed by atoms with van der Waals surface area (Å²) in [7, 11) is 1.17. The van der Waals surface area contributed by atoms with Gasteiger partial charge in [-0.15, -0.1) is 0 Å². The van der Waals surface area contributed by atoms with Crippen LogP contribution in [0.2, 0.25) is 0 Å². The van der Waals surface area contributed by atoms with E-state index in [4.69, 9.17) is 18.5 Å². The van der Waals surface area contributed by atoms with Crippen molar-refractivity contribution in [3.63, 3.8) is 0 Å². The second kappa shape index (κ2) is 57.4. The molecule has 2 atom stereocenters. The Hall–Kier alpha value is -2.29. The minimum Gasteiger partial charge on any atom is -0.756 e. The lowest BCUT2D eigenvalue weighted by Crippen LogP contribution is -2.37. The van der Waals surface area contributed by atoms with E-state index in [-0.39, 0.29) is 32.0 Å². The predicted octanol–water partition coefficient (Wildman–Crippen LogP) is 19.6. The average Bonchev–Trinajstić information content (AvgIpc) is 3.38. The number of phosphoric acid groups is 1. The summed E-state index contributed by atoms with van der Waals surface area (Å²) in [6.07, 6.45) is 74.3. The van der Waals surface area contributed by atoms with Crippen molar-refractivity contribution >= 4 is 19.8 Å². The second-order valence-electron chi connectivity index (χ2n) is 22.7. The Morgan fingerprint density at radius 2 is 0.750 bits per heavy atom. The molecule has 0 aliphatic heterocycles. The topological polar surface area (TPSA) is 111 Å². The maximum Gasteiger partial charge on any atom is 0.306 e. The SMILES string of the molecule is CC/C=C\C/C=C\C/C=C\C/C=C\CCCCCCCCCCCCC(=O)OC(COC(=O)CCCCCCCCCCCCCCCCCCC/C=C\CCCCCCCCCC)COP(=O)([O-])OCC[N+](C)(C)C. The number of unbranched alkanes of at least 4 members (excludes halogenated alkanes) is 35. The number of phosphoric ester groups is 1. The molecule has 0 spiro atoms. The first-order chi connectivity index (χ1) is 37.0. The summed E-state index contributed by atoms with van der Waals surface area (Å²) < 4.78 is 34.2. The molecule has 0 aromatic carbocycles. The molecule has 0 aliphatic rings. The molecule has 0 aliphatic carbocycles. The van der Waals surface area contributed by atoms with Gasteiger partial charge in [-0.05, 0) is 77.0 Å². The van der Waals surface area contributed by atoms with Gasteiger partial charge in [-0.25, -0.2) is 0 Å². The summed E-state index contributed by atoms with van der Waals surface area (Å²) in [6, 6.07) is 0. The van der Waals surface area contributed by atoms with Gasteiger partial charge in [0, 0.05) is 12.8 Å². The maximum atomic E-state index is 12.8. The fraction of sp³-hybridized carbons (Fsp3) is 0.818. The van der Waals surface area contributed by atoms with Crippen LogP contribution in [-0.2, 0) is 32.7 Å². The highest BCUT2D eigenvalue weighted by Crippen LogP contribution is 2.38. The fourth-order valence-corrected chi connectivity index (χ4v) is 9.84. The molecule has 10 heteroatoms. The van der Waals surface area contributed by atoms with Gasteiger partial charge in [0.1, 0.15) is 19.8 Å². The van der Waals surface area contributed by atoms with Crippen LogP contribution in [0.25, 0.3) is 0 Å². The number of carbonyl (C=O) groups excluding carboxylic acids is 2. The zero-order valence-electron chi connectivity index (χ0n) is 50.5.